The SMILES string of the molecule is CC(C)CN1C(=O)CC(=O)N(C2CCC(C)(CN3C(=O)N(COCC[Si](C)(C)C)C(=O)C3(C)C)CC2)C1=O. The number of ether oxygens (including phenoxy) is 1. The molecule has 38 heavy (non-hydrogen) atoms. The Kier molecular flexibility index (Phi) is 8.82. The molecule has 1 saturated carbocycles. The lowest BCUT2D eigenvalue weighted by Crippen LogP contribution is -2.60. The van der Waals surface area contributed by atoms with Crippen LogP contribution in [0, 0.1) is 11.3 Å². The Balaban J connectivity index is 1.63. The summed E-state index contributed by atoms with van der Waals surface area (Å²) in [5.74, 6) is -1.01. The summed E-state index contributed by atoms with van der Waals surface area (Å²) in [5, 5.41) is 0. The van der Waals surface area contributed by atoms with Crippen LogP contribution < -0.4 is 0 Å². The molecular weight excluding hydrogens is 504 g/mol. The molecule has 3 aliphatic rings. The second kappa shape index (κ2) is 11.1. The Labute approximate surface area is 228 Å². The largest absolute Gasteiger partial charge is 0.361 e. The van der Waals surface area contributed by atoms with Crippen molar-refractivity contribution in [3.05, 3.63) is 0 Å². The lowest BCUT2D eigenvalue weighted by molar-refractivity contribution is -0.145. The van der Waals surface area contributed by atoms with Gasteiger partial charge in [-0.2, -0.15) is 0 Å². The third-order valence-corrected chi connectivity index (χ3v) is 9.75. The van der Waals surface area contributed by atoms with Crippen LogP contribution >= 0.6 is 0 Å². The molecule has 0 radical (unpaired) electrons. The first-order valence-corrected chi connectivity index (χ1v) is 17.6. The number of barbiturate groups is 1. The van der Waals surface area contributed by atoms with Crippen LogP contribution in [0.5, 0.6) is 0 Å². The first-order valence-electron chi connectivity index (χ1n) is 13.8. The van der Waals surface area contributed by atoms with Crippen molar-refractivity contribution in [2.75, 3.05) is 26.4 Å². The van der Waals surface area contributed by atoms with Gasteiger partial charge in [-0.1, -0.05) is 40.4 Å². The van der Waals surface area contributed by atoms with Crippen LogP contribution in [0.1, 0.15) is 66.7 Å². The predicted octanol–water partition coefficient (Wildman–Crippen LogP) is 4.13. The zero-order valence-electron chi connectivity index (χ0n) is 24.5. The molecule has 10 nitrogen and oxygen atoms in total. The molecule has 7 amide bonds. The molecule has 214 valence electrons. The summed E-state index contributed by atoms with van der Waals surface area (Å²) in [4.78, 5) is 69.9. The summed E-state index contributed by atoms with van der Waals surface area (Å²) in [6, 6.07) is -0.160. The van der Waals surface area contributed by atoms with E-state index in [1.807, 2.05) is 13.8 Å². The van der Waals surface area contributed by atoms with Crippen molar-refractivity contribution in [2.24, 2.45) is 11.3 Å². The summed E-state index contributed by atoms with van der Waals surface area (Å²) in [6.45, 7) is 17.5. The van der Waals surface area contributed by atoms with Crippen LogP contribution in [-0.4, -0.2) is 95.5 Å². The predicted molar refractivity (Wildman–Crippen MR) is 146 cm³/mol. The zero-order valence-corrected chi connectivity index (χ0v) is 25.5. The van der Waals surface area contributed by atoms with Crippen LogP contribution in [0.25, 0.3) is 0 Å². The lowest BCUT2D eigenvalue weighted by Gasteiger charge is -2.45. The highest BCUT2D eigenvalue weighted by atomic mass is 28.3. The average molecular weight is 551 g/mol. The van der Waals surface area contributed by atoms with Gasteiger partial charge in [0.1, 0.15) is 18.7 Å². The fourth-order valence-corrected chi connectivity index (χ4v) is 6.24. The van der Waals surface area contributed by atoms with Crippen molar-refractivity contribution >= 4 is 37.9 Å². The van der Waals surface area contributed by atoms with Crippen LogP contribution in [-0.2, 0) is 19.1 Å². The molecule has 2 heterocycles. The van der Waals surface area contributed by atoms with E-state index in [1.54, 1.807) is 18.7 Å². The van der Waals surface area contributed by atoms with Gasteiger partial charge < -0.3 is 9.64 Å². The molecule has 0 atom stereocenters. The number of imide groups is 3. The Morgan fingerprint density at radius 2 is 1.53 bits per heavy atom. The quantitative estimate of drug-likeness (QED) is 0.175. The molecular formula is C27H46N4O6Si. The highest BCUT2D eigenvalue weighted by Crippen LogP contribution is 2.42. The number of nitrogens with zero attached hydrogens (tertiary/aromatic N) is 4. The van der Waals surface area contributed by atoms with E-state index in [-0.39, 0.29) is 42.5 Å². The smallest absolute Gasteiger partial charge is 0.333 e. The molecule has 3 fully saturated rings. The molecule has 0 bridgehead atoms. The Morgan fingerprint density at radius 1 is 0.921 bits per heavy atom. The van der Waals surface area contributed by atoms with Crippen LogP contribution in [0.15, 0.2) is 0 Å². The van der Waals surface area contributed by atoms with Gasteiger partial charge in [0.25, 0.3) is 5.91 Å². The molecule has 0 unspecified atom stereocenters. The molecule has 2 aliphatic heterocycles. The third-order valence-electron chi connectivity index (χ3n) is 8.05. The maximum Gasteiger partial charge on any atom is 0.333 e. The number of urea groups is 2. The van der Waals surface area contributed by atoms with E-state index in [1.165, 1.54) is 14.7 Å². The van der Waals surface area contributed by atoms with Gasteiger partial charge in [-0.15, -0.1) is 0 Å². The van der Waals surface area contributed by atoms with Gasteiger partial charge in [-0.3, -0.25) is 24.2 Å². The van der Waals surface area contributed by atoms with Crippen molar-refractivity contribution < 1.29 is 28.7 Å². The number of carbonyl (C=O) groups is 5. The van der Waals surface area contributed by atoms with E-state index < -0.39 is 31.5 Å². The van der Waals surface area contributed by atoms with Crippen molar-refractivity contribution in [3.8, 4) is 0 Å². The number of hydrogen-bond donors (Lipinski definition) is 0. The van der Waals surface area contributed by atoms with Gasteiger partial charge >= 0.3 is 12.1 Å². The molecule has 0 aromatic rings. The highest BCUT2D eigenvalue weighted by Gasteiger charge is 2.53. The normalized spacial score (nSPS) is 26.9. The summed E-state index contributed by atoms with van der Waals surface area (Å²) in [6.07, 6.45) is 2.29. The minimum absolute atomic E-state index is 0.0361. The third kappa shape index (κ3) is 6.47. The highest BCUT2D eigenvalue weighted by molar-refractivity contribution is 6.76. The average Bonchev–Trinajstić information content (AvgIpc) is 2.94. The summed E-state index contributed by atoms with van der Waals surface area (Å²) >= 11 is 0. The van der Waals surface area contributed by atoms with E-state index in [9.17, 15) is 24.0 Å². The summed E-state index contributed by atoms with van der Waals surface area (Å²) in [5.41, 5.74) is -1.25. The van der Waals surface area contributed by atoms with Gasteiger partial charge in [0, 0.05) is 33.8 Å². The van der Waals surface area contributed by atoms with Gasteiger partial charge in [0.2, 0.25) is 11.8 Å². The van der Waals surface area contributed by atoms with Crippen molar-refractivity contribution in [1.29, 1.82) is 0 Å². The summed E-state index contributed by atoms with van der Waals surface area (Å²) in [7, 11) is -1.28. The molecule has 0 aromatic heterocycles. The zero-order chi connectivity index (χ0) is 28.6. The van der Waals surface area contributed by atoms with Gasteiger partial charge in [0.15, 0.2) is 0 Å². The molecule has 11 heteroatoms. The second-order valence-electron chi connectivity index (χ2n) is 13.7. The van der Waals surface area contributed by atoms with Crippen molar-refractivity contribution in [3.63, 3.8) is 0 Å². The van der Waals surface area contributed by atoms with Crippen LogP contribution in [0.3, 0.4) is 0 Å². The van der Waals surface area contributed by atoms with Crippen LogP contribution in [0.4, 0.5) is 9.59 Å². The minimum atomic E-state index is -1.28. The maximum atomic E-state index is 13.3. The first-order chi connectivity index (χ1) is 17.5. The molecule has 3 rings (SSSR count). The van der Waals surface area contributed by atoms with Gasteiger partial charge in [-0.25, -0.2) is 14.5 Å². The van der Waals surface area contributed by atoms with E-state index in [2.05, 4.69) is 26.6 Å². The molecule has 0 aromatic carbocycles. The molecule has 0 spiro atoms. The molecule has 2 saturated heterocycles. The Hall–Kier alpha value is -2.27. The maximum absolute atomic E-state index is 13.3. The van der Waals surface area contributed by atoms with Gasteiger partial charge in [-0.05, 0) is 56.9 Å². The second-order valence-corrected chi connectivity index (χ2v) is 19.3. The molecule has 0 N–H and O–H groups in total. The standard InChI is InChI=1S/C27H46N4O6Si/c1-19(2)16-28-21(32)15-22(33)31(25(28)36)20-9-11-27(5,12-10-20)17-30-24(35)29(23(34)26(30,3)4)18-37-13-14-38(6,7)8/h19-20H,9-18H2,1-8H3. The number of rotatable bonds is 10. The summed E-state index contributed by atoms with van der Waals surface area (Å²) < 4.78 is 5.73. The van der Waals surface area contributed by atoms with E-state index in [0.717, 1.165) is 6.04 Å². The number of hydrogen-bond acceptors (Lipinski definition) is 6. The van der Waals surface area contributed by atoms with Crippen molar-refractivity contribution in [1.82, 2.24) is 19.6 Å². The Morgan fingerprint density at radius 3 is 2.08 bits per heavy atom. The van der Waals surface area contributed by atoms with Crippen LogP contribution in [0.2, 0.25) is 25.7 Å². The first kappa shape index (κ1) is 30.3. The topological polar surface area (TPSA) is 108 Å². The van der Waals surface area contributed by atoms with E-state index >= 15 is 0 Å². The number of amides is 7. The van der Waals surface area contributed by atoms with Crippen molar-refractivity contribution in [2.45, 2.75) is 104 Å². The lowest BCUT2D eigenvalue weighted by atomic mass is 9.72. The van der Waals surface area contributed by atoms with E-state index in [0.29, 0.717) is 45.4 Å². The number of carbonyl (C=O) groups excluding carboxylic acids is 5. The fourth-order valence-electron chi connectivity index (χ4n) is 5.49. The Bertz CT molecular complexity index is 967. The molecule has 1 aliphatic carbocycles. The van der Waals surface area contributed by atoms with Gasteiger partial charge in [0.05, 0.1) is 0 Å². The fraction of sp³-hybridized carbons (Fsp3) is 0.815. The minimum Gasteiger partial charge on any atom is -0.361 e. The monoisotopic (exact) mass is 550 g/mol. The van der Waals surface area contributed by atoms with E-state index in [4.69, 9.17) is 4.74 Å².